The second kappa shape index (κ2) is 5.97. The summed E-state index contributed by atoms with van der Waals surface area (Å²) in [4.78, 5) is 18.5. The van der Waals surface area contributed by atoms with E-state index in [1.165, 1.54) is 16.8 Å². The van der Waals surface area contributed by atoms with Gasteiger partial charge in [-0.1, -0.05) is 0 Å². The molecule has 29 heavy (non-hydrogen) atoms. The number of carbonyl (C=O) groups is 1. The Labute approximate surface area is 166 Å². The number of carbonyl (C=O) groups excluding carboxylic acids is 1. The van der Waals surface area contributed by atoms with E-state index in [2.05, 4.69) is 4.98 Å². The summed E-state index contributed by atoms with van der Waals surface area (Å²) < 4.78 is 41.8. The number of alkyl halides is 3. The van der Waals surface area contributed by atoms with E-state index in [-0.39, 0.29) is 23.2 Å². The summed E-state index contributed by atoms with van der Waals surface area (Å²) >= 11 is 0. The second-order valence-corrected chi connectivity index (χ2v) is 9.62. The number of pyridine rings is 1. The number of fused-ring (bicyclic) bond motifs is 1. The third kappa shape index (κ3) is 3.12. The Hall–Kier alpha value is -2.09. The highest BCUT2D eigenvalue weighted by atomic mass is 19.4. The fourth-order valence-corrected chi connectivity index (χ4v) is 5.67. The van der Waals surface area contributed by atoms with Crippen LogP contribution in [-0.2, 0) is 17.5 Å². The average Bonchev–Trinajstić information content (AvgIpc) is 2.92. The maximum Gasteiger partial charge on any atom is 0.431 e. The van der Waals surface area contributed by atoms with Crippen LogP contribution >= 0.6 is 0 Å². The first-order valence-corrected chi connectivity index (χ1v) is 10.1. The highest BCUT2D eigenvalue weighted by Crippen LogP contribution is 2.54. The lowest BCUT2D eigenvalue weighted by Gasteiger charge is -2.60. The van der Waals surface area contributed by atoms with Crippen LogP contribution in [0.3, 0.4) is 0 Å². The van der Waals surface area contributed by atoms with E-state index in [1.54, 1.807) is 19.1 Å². The Balaban J connectivity index is 1.22. The normalized spacial score (nSPS) is 28.9. The molecule has 2 aromatic rings. The van der Waals surface area contributed by atoms with Crippen LogP contribution in [0.5, 0.6) is 0 Å². The Morgan fingerprint density at radius 1 is 1.28 bits per heavy atom. The molecule has 2 saturated carbocycles. The van der Waals surface area contributed by atoms with Crippen LogP contribution in [0.15, 0.2) is 24.4 Å². The van der Waals surface area contributed by atoms with Crippen LogP contribution in [0, 0.1) is 17.3 Å². The summed E-state index contributed by atoms with van der Waals surface area (Å²) in [5, 5.41) is 10.3. The molecule has 5 nitrogen and oxygen atoms in total. The molecule has 3 fully saturated rings. The van der Waals surface area contributed by atoms with Crippen LogP contribution in [0.25, 0.3) is 11.0 Å². The number of likely N-dealkylation sites (tertiary alicyclic amines) is 1. The van der Waals surface area contributed by atoms with Gasteiger partial charge in [0.2, 0.25) is 5.91 Å². The zero-order chi connectivity index (χ0) is 20.6. The summed E-state index contributed by atoms with van der Waals surface area (Å²) in [6.45, 7) is 3.44. The molecule has 0 radical (unpaired) electrons. The summed E-state index contributed by atoms with van der Waals surface area (Å²) in [5.74, 6) is 0.200. The molecular weight excluding hydrogens is 383 g/mol. The van der Waals surface area contributed by atoms with Crippen molar-refractivity contribution >= 4 is 16.9 Å². The minimum Gasteiger partial charge on any atom is -0.390 e. The topological polar surface area (TPSA) is 58.4 Å². The molecule has 8 heteroatoms. The third-order valence-corrected chi connectivity index (χ3v) is 6.92. The number of aliphatic hydroxyl groups is 1. The fourth-order valence-electron chi connectivity index (χ4n) is 5.67. The van der Waals surface area contributed by atoms with Crippen LogP contribution in [0.2, 0.25) is 0 Å². The molecule has 0 aromatic carbocycles. The highest BCUT2D eigenvalue weighted by Gasteiger charge is 2.56. The Kier molecular flexibility index (Phi) is 3.89. The van der Waals surface area contributed by atoms with E-state index in [0.717, 1.165) is 12.8 Å². The molecular formula is C21H24F3N3O2. The van der Waals surface area contributed by atoms with Crippen molar-refractivity contribution in [2.75, 3.05) is 13.1 Å². The first-order chi connectivity index (χ1) is 13.6. The van der Waals surface area contributed by atoms with Crippen molar-refractivity contribution in [2.45, 2.75) is 50.9 Å². The van der Waals surface area contributed by atoms with Crippen LogP contribution in [-0.4, -0.2) is 44.2 Å². The quantitative estimate of drug-likeness (QED) is 0.848. The van der Waals surface area contributed by atoms with Gasteiger partial charge in [-0.3, -0.25) is 4.79 Å². The third-order valence-electron chi connectivity index (χ3n) is 6.92. The molecule has 1 N–H and O–H groups in total. The minimum atomic E-state index is -4.41. The number of amides is 1. The standard InChI is InChI=1S/C21H24F3N3O2/c1-19(29)8-15(9-19)18(28)26-11-20(12-26)6-13(7-20)10-27-16(21(22,23)24)5-14-3-2-4-25-17(14)27/h2-5,13,15,29H,6-12H2,1H3/t15-,19+. The molecule has 156 valence electrons. The maximum absolute atomic E-state index is 13.5. The van der Waals surface area contributed by atoms with Crippen LogP contribution in [0.4, 0.5) is 13.2 Å². The minimum absolute atomic E-state index is 0.0708. The molecule has 2 aliphatic carbocycles. The van der Waals surface area contributed by atoms with Crippen molar-refractivity contribution in [1.29, 1.82) is 0 Å². The highest BCUT2D eigenvalue weighted by molar-refractivity contribution is 5.81. The fraction of sp³-hybridized carbons (Fsp3) is 0.619. The van der Waals surface area contributed by atoms with Gasteiger partial charge in [0.25, 0.3) is 0 Å². The molecule has 1 spiro atoms. The molecule has 3 heterocycles. The lowest BCUT2D eigenvalue weighted by atomic mass is 9.57. The van der Waals surface area contributed by atoms with E-state index in [1.807, 2.05) is 4.90 Å². The predicted octanol–water partition coefficient (Wildman–Crippen LogP) is 3.45. The van der Waals surface area contributed by atoms with E-state index < -0.39 is 17.5 Å². The van der Waals surface area contributed by atoms with Crippen LogP contribution in [0.1, 0.15) is 38.3 Å². The van der Waals surface area contributed by atoms with E-state index in [9.17, 15) is 23.1 Å². The first kappa shape index (κ1) is 18.9. The molecule has 1 amide bonds. The molecule has 0 atom stereocenters. The number of rotatable bonds is 3. The van der Waals surface area contributed by atoms with Gasteiger partial charge in [0.05, 0.1) is 5.60 Å². The molecule has 1 aliphatic heterocycles. The molecule has 5 rings (SSSR count). The maximum atomic E-state index is 13.5. The van der Waals surface area contributed by atoms with Crippen LogP contribution < -0.4 is 0 Å². The van der Waals surface area contributed by atoms with Gasteiger partial charge in [0.15, 0.2) is 0 Å². The van der Waals surface area contributed by atoms with Crippen molar-refractivity contribution in [3.05, 3.63) is 30.1 Å². The number of nitrogens with zero attached hydrogens (tertiary/aromatic N) is 3. The zero-order valence-corrected chi connectivity index (χ0v) is 16.2. The van der Waals surface area contributed by atoms with E-state index in [4.69, 9.17) is 0 Å². The van der Waals surface area contributed by atoms with Gasteiger partial charge in [-0.2, -0.15) is 13.2 Å². The largest absolute Gasteiger partial charge is 0.431 e. The number of aromatic nitrogens is 2. The van der Waals surface area contributed by atoms with Gasteiger partial charge in [0, 0.05) is 42.6 Å². The van der Waals surface area contributed by atoms with E-state index in [0.29, 0.717) is 43.5 Å². The summed E-state index contributed by atoms with van der Waals surface area (Å²) in [7, 11) is 0. The SMILES string of the molecule is C[C@]1(O)C[C@@H](C(=O)N2CC3(CC(Cn4c(C(F)(F)F)cc5cccnc54)C3)C2)C1. The van der Waals surface area contributed by atoms with Crippen molar-refractivity contribution < 1.29 is 23.1 Å². The zero-order valence-electron chi connectivity index (χ0n) is 16.2. The van der Waals surface area contributed by atoms with Crippen molar-refractivity contribution in [2.24, 2.45) is 17.3 Å². The second-order valence-electron chi connectivity index (χ2n) is 9.62. The Morgan fingerprint density at radius 2 is 1.97 bits per heavy atom. The lowest BCUT2D eigenvalue weighted by molar-refractivity contribution is -0.172. The lowest BCUT2D eigenvalue weighted by Crippen LogP contribution is -2.66. The summed E-state index contributed by atoms with van der Waals surface area (Å²) in [6.07, 6.45) is -0.177. The Morgan fingerprint density at radius 3 is 2.59 bits per heavy atom. The van der Waals surface area contributed by atoms with E-state index >= 15 is 0 Å². The van der Waals surface area contributed by atoms with Gasteiger partial charge in [-0.05, 0) is 56.7 Å². The monoisotopic (exact) mass is 407 g/mol. The molecule has 3 aliphatic rings. The summed E-state index contributed by atoms with van der Waals surface area (Å²) in [5.41, 5.74) is -0.909. The van der Waals surface area contributed by atoms with Gasteiger partial charge in [0.1, 0.15) is 11.3 Å². The predicted molar refractivity (Wildman–Crippen MR) is 99.8 cm³/mol. The van der Waals surface area contributed by atoms with Crippen molar-refractivity contribution in [3.8, 4) is 0 Å². The van der Waals surface area contributed by atoms with Crippen molar-refractivity contribution in [1.82, 2.24) is 14.5 Å². The van der Waals surface area contributed by atoms with Crippen molar-refractivity contribution in [3.63, 3.8) is 0 Å². The number of hydrogen-bond acceptors (Lipinski definition) is 3. The molecule has 0 unspecified atom stereocenters. The number of halogens is 3. The van der Waals surface area contributed by atoms with Gasteiger partial charge in [-0.15, -0.1) is 0 Å². The summed E-state index contributed by atoms with van der Waals surface area (Å²) in [6, 6.07) is 4.48. The van der Waals surface area contributed by atoms with Gasteiger partial charge >= 0.3 is 6.18 Å². The molecule has 0 bridgehead atoms. The molecule has 1 saturated heterocycles. The first-order valence-electron chi connectivity index (χ1n) is 10.1. The average molecular weight is 407 g/mol. The van der Waals surface area contributed by atoms with Gasteiger partial charge in [-0.25, -0.2) is 4.98 Å². The molecule has 2 aromatic heterocycles. The number of hydrogen-bond donors (Lipinski definition) is 1. The Bertz CT molecular complexity index is 959. The smallest absolute Gasteiger partial charge is 0.390 e. The van der Waals surface area contributed by atoms with Gasteiger partial charge < -0.3 is 14.6 Å².